The highest BCUT2D eigenvalue weighted by atomic mass is 32.2. The van der Waals surface area contributed by atoms with Crippen LogP contribution in [0.3, 0.4) is 0 Å². The van der Waals surface area contributed by atoms with E-state index < -0.39 is 0 Å². The van der Waals surface area contributed by atoms with E-state index in [-0.39, 0.29) is 0 Å². The smallest absolute Gasteiger partial charge is 0.0155 e. The zero-order valence-corrected chi connectivity index (χ0v) is 9.54. The fourth-order valence-corrected chi connectivity index (χ4v) is 2.20. The zero-order chi connectivity index (χ0) is 9.23. The molecule has 0 aliphatic rings. The Morgan fingerprint density at radius 1 is 1.25 bits per heavy atom. The van der Waals surface area contributed by atoms with Crippen molar-refractivity contribution in [2.75, 3.05) is 18.6 Å². The van der Waals surface area contributed by atoms with Crippen LogP contribution in [-0.4, -0.2) is 24.6 Å². The molecule has 0 bridgehead atoms. The third-order valence-corrected chi connectivity index (χ3v) is 3.32. The zero-order valence-electron chi connectivity index (χ0n) is 8.73. The second-order valence-corrected chi connectivity index (χ2v) is 4.35. The average Bonchev–Trinajstić information content (AvgIpc) is 2.11. The van der Waals surface area contributed by atoms with E-state index in [4.69, 9.17) is 0 Å². The van der Waals surface area contributed by atoms with Crippen molar-refractivity contribution in [1.82, 2.24) is 5.32 Å². The van der Waals surface area contributed by atoms with Gasteiger partial charge in [0.05, 0.1) is 0 Å². The maximum absolute atomic E-state index is 3.37. The van der Waals surface area contributed by atoms with Crippen LogP contribution in [0, 0.1) is 0 Å². The molecule has 0 fully saturated rings. The van der Waals surface area contributed by atoms with E-state index in [1.165, 1.54) is 37.2 Å². The lowest BCUT2D eigenvalue weighted by Gasteiger charge is -2.14. The van der Waals surface area contributed by atoms with Crippen molar-refractivity contribution in [3.63, 3.8) is 0 Å². The van der Waals surface area contributed by atoms with Crippen molar-refractivity contribution in [3.8, 4) is 0 Å². The minimum Gasteiger partial charge on any atom is -0.316 e. The summed E-state index contributed by atoms with van der Waals surface area (Å²) < 4.78 is 0. The lowest BCUT2D eigenvalue weighted by atomic mass is 10.1. The highest BCUT2D eigenvalue weighted by Crippen LogP contribution is 2.09. The standard InChI is InChI=1S/C10H23NS/c1-4-6-7-10(11-3)9-12-8-5-2/h10-11H,4-9H2,1-3H3. The lowest BCUT2D eigenvalue weighted by Crippen LogP contribution is -2.27. The van der Waals surface area contributed by atoms with E-state index in [2.05, 4.69) is 38.0 Å². The van der Waals surface area contributed by atoms with Gasteiger partial charge in [-0.3, -0.25) is 0 Å². The first-order chi connectivity index (χ1) is 5.85. The summed E-state index contributed by atoms with van der Waals surface area (Å²) in [4.78, 5) is 0. The molecule has 0 rings (SSSR count). The van der Waals surface area contributed by atoms with Crippen LogP contribution < -0.4 is 5.32 Å². The fraction of sp³-hybridized carbons (Fsp3) is 1.00. The summed E-state index contributed by atoms with van der Waals surface area (Å²) >= 11 is 2.07. The van der Waals surface area contributed by atoms with E-state index in [0.29, 0.717) is 0 Å². The van der Waals surface area contributed by atoms with Crippen molar-refractivity contribution in [2.45, 2.75) is 45.6 Å². The molecule has 0 amide bonds. The molecule has 0 spiro atoms. The summed E-state index contributed by atoms with van der Waals surface area (Å²) in [6.45, 7) is 4.50. The molecule has 0 saturated carbocycles. The Balaban J connectivity index is 3.26. The Hall–Kier alpha value is 0.310. The average molecular weight is 189 g/mol. The Bertz CT molecular complexity index is 85.9. The first-order valence-electron chi connectivity index (χ1n) is 5.10. The number of nitrogens with one attached hydrogen (secondary N) is 1. The molecule has 0 radical (unpaired) electrons. The van der Waals surface area contributed by atoms with Gasteiger partial charge in [0.25, 0.3) is 0 Å². The van der Waals surface area contributed by atoms with E-state index in [9.17, 15) is 0 Å². The molecule has 0 aromatic heterocycles. The number of thioether (sulfide) groups is 1. The van der Waals surface area contributed by atoms with Gasteiger partial charge in [0.1, 0.15) is 0 Å². The van der Waals surface area contributed by atoms with Gasteiger partial charge in [0, 0.05) is 11.8 Å². The number of hydrogen-bond acceptors (Lipinski definition) is 2. The maximum Gasteiger partial charge on any atom is 0.0155 e. The van der Waals surface area contributed by atoms with Gasteiger partial charge >= 0.3 is 0 Å². The predicted octanol–water partition coefficient (Wildman–Crippen LogP) is 2.91. The molecule has 0 aliphatic heterocycles. The summed E-state index contributed by atoms with van der Waals surface area (Å²) in [5.74, 6) is 2.59. The Morgan fingerprint density at radius 2 is 2.00 bits per heavy atom. The van der Waals surface area contributed by atoms with Gasteiger partial charge in [-0.1, -0.05) is 26.7 Å². The number of rotatable bonds is 8. The molecule has 1 atom stereocenters. The van der Waals surface area contributed by atoms with Gasteiger partial charge < -0.3 is 5.32 Å². The quantitative estimate of drug-likeness (QED) is 0.589. The Kier molecular flexibility index (Phi) is 9.64. The van der Waals surface area contributed by atoms with Crippen LogP contribution in [0.1, 0.15) is 39.5 Å². The van der Waals surface area contributed by atoms with Crippen LogP contribution in [0.25, 0.3) is 0 Å². The molecule has 0 heterocycles. The normalized spacial score (nSPS) is 13.2. The Labute approximate surface area is 81.7 Å². The van der Waals surface area contributed by atoms with E-state index in [1.54, 1.807) is 0 Å². The van der Waals surface area contributed by atoms with Gasteiger partial charge in [-0.15, -0.1) is 0 Å². The van der Waals surface area contributed by atoms with Gasteiger partial charge in [-0.25, -0.2) is 0 Å². The van der Waals surface area contributed by atoms with Crippen LogP contribution in [0.2, 0.25) is 0 Å². The highest BCUT2D eigenvalue weighted by molar-refractivity contribution is 7.99. The molecule has 0 saturated heterocycles. The van der Waals surface area contributed by atoms with Gasteiger partial charge in [-0.05, 0) is 25.6 Å². The second-order valence-electron chi connectivity index (χ2n) is 3.20. The lowest BCUT2D eigenvalue weighted by molar-refractivity contribution is 0.544. The van der Waals surface area contributed by atoms with Gasteiger partial charge in [-0.2, -0.15) is 11.8 Å². The summed E-state index contributed by atoms with van der Waals surface area (Å²) in [5, 5.41) is 3.37. The molecule has 0 aliphatic carbocycles. The van der Waals surface area contributed by atoms with Gasteiger partial charge in [0.15, 0.2) is 0 Å². The van der Waals surface area contributed by atoms with Crippen LogP contribution in [0.4, 0.5) is 0 Å². The third-order valence-electron chi connectivity index (χ3n) is 1.98. The minimum absolute atomic E-state index is 0.737. The predicted molar refractivity (Wildman–Crippen MR) is 60.0 cm³/mol. The second kappa shape index (κ2) is 9.40. The van der Waals surface area contributed by atoms with Crippen LogP contribution in [0.15, 0.2) is 0 Å². The molecular formula is C10H23NS. The van der Waals surface area contributed by atoms with Gasteiger partial charge in [0.2, 0.25) is 0 Å². The summed E-state index contributed by atoms with van der Waals surface area (Å²) in [7, 11) is 2.08. The molecule has 2 heteroatoms. The van der Waals surface area contributed by atoms with E-state index >= 15 is 0 Å². The highest BCUT2D eigenvalue weighted by Gasteiger charge is 2.03. The number of hydrogen-bond donors (Lipinski definition) is 1. The molecule has 0 aromatic carbocycles. The van der Waals surface area contributed by atoms with Crippen molar-refractivity contribution in [2.24, 2.45) is 0 Å². The van der Waals surface area contributed by atoms with E-state index in [1.807, 2.05) is 0 Å². The molecule has 74 valence electrons. The summed E-state index contributed by atoms with van der Waals surface area (Å²) in [6, 6.07) is 0.737. The summed E-state index contributed by atoms with van der Waals surface area (Å²) in [5.41, 5.74) is 0. The minimum atomic E-state index is 0.737. The molecule has 1 N–H and O–H groups in total. The van der Waals surface area contributed by atoms with Crippen molar-refractivity contribution < 1.29 is 0 Å². The largest absolute Gasteiger partial charge is 0.316 e. The number of unbranched alkanes of at least 4 members (excludes halogenated alkanes) is 1. The van der Waals surface area contributed by atoms with Crippen molar-refractivity contribution >= 4 is 11.8 Å². The van der Waals surface area contributed by atoms with E-state index in [0.717, 1.165) is 6.04 Å². The van der Waals surface area contributed by atoms with Crippen LogP contribution in [-0.2, 0) is 0 Å². The third kappa shape index (κ3) is 6.99. The first kappa shape index (κ1) is 12.3. The topological polar surface area (TPSA) is 12.0 Å². The first-order valence-corrected chi connectivity index (χ1v) is 6.25. The SMILES string of the molecule is CCCCC(CSCCC)NC. The molecule has 0 aromatic rings. The molecule has 1 unspecified atom stereocenters. The van der Waals surface area contributed by atoms with Crippen molar-refractivity contribution in [1.29, 1.82) is 0 Å². The molecule has 1 nitrogen and oxygen atoms in total. The monoisotopic (exact) mass is 189 g/mol. The molecule has 12 heavy (non-hydrogen) atoms. The maximum atomic E-state index is 3.37. The Morgan fingerprint density at radius 3 is 2.50 bits per heavy atom. The van der Waals surface area contributed by atoms with Crippen molar-refractivity contribution in [3.05, 3.63) is 0 Å². The molecular weight excluding hydrogens is 166 g/mol. The van der Waals surface area contributed by atoms with Crippen LogP contribution in [0.5, 0.6) is 0 Å². The van der Waals surface area contributed by atoms with Crippen LogP contribution >= 0.6 is 11.8 Å². The fourth-order valence-electron chi connectivity index (χ4n) is 1.13. The summed E-state index contributed by atoms with van der Waals surface area (Å²) in [6.07, 6.45) is 5.31.